The number of nitrogen functional groups attached to an aromatic ring is 1. The third-order valence-corrected chi connectivity index (χ3v) is 15.6. The van der Waals surface area contributed by atoms with Crippen LogP contribution in [-0.2, 0) is 51.0 Å². The standard InChI is InChI=1S/C54H63N7O24P2/c55-45-13-16-60(53(71)58-45)47-26-39(65)44(84-47)30-81-86(73,74)79-21-19-77-17-18-78-20-22-80-87(75,76)85-42-27-48(83-43(42)29-62)61-28-32(51(68)59-54(61)72)6-12-46(66)56-14-3-1-2-4-15-57-50(67)31-5-9-35(52(69)70)38(23-31)49-36-10-7-33(63)24-40(36)82-41-25-34(64)8-11-37(41)49/h5-13,16,23-25,28,39,42-44,47-48,62-63,65H,1-4,14-15,17-22,26-27,29-30H2,(H,56,66)(H,57,67)(H,69,70)(H,73,74)(H,75,76)(H2,55,58,71)(H,59,68,72)/t39-,42-,43-,44-,47-,48-/m1/s1. The van der Waals surface area contributed by atoms with E-state index in [1.807, 2.05) is 0 Å². The number of aromatic carboxylic acids is 1. The highest BCUT2D eigenvalue weighted by atomic mass is 31.2. The predicted octanol–water partition coefficient (Wildman–Crippen LogP) is 2.37. The monoisotopic (exact) mass is 1260 g/mol. The molecule has 2 unspecified atom stereocenters. The molecule has 2 aromatic heterocycles. The first-order valence-electron chi connectivity index (χ1n) is 27.1. The lowest BCUT2D eigenvalue weighted by atomic mass is 9.89. The molecule has 0 spiro atoms. The Kier molecular flexibility index (Phi) is 22.5. The molecule has 4 aromatic rings. The summed E-state index contributed by atoms with van der Waals surface area (Å²) in [7, 11) is -9.41. The first-order valence-corrected chi connectivity index (χ1v) is 30.1. The number of aromatic amines is 1. The Morgan fingerprint density at radius 2 is 1.48 bits per heavy atom. The lowest BCUT2D eigenvalue weighted by molar-refractivity contribution is -0.116. The van der Waals surface area contributed by atoms with Gasteiger partial charge in [-0.1, -0.05) is 12.8 Å². The molecule has 2 fully saturated rings. The average molecular weight is 1260 g/mol. The van der Waals surface area contributed by atoms with Crippen LogP contribution in [0, 0.1) is 0 Å². The number of aromatic nitrogens is 4. The number of ether oxygens (including phenoxy) is 4. The number of hydrogen-bond acceptors (Lipinski definition) is 23. The highest BCUT2D eigenvalue weighted by molar-refractivity contribution is 7.47. The molecule has 1 aliphatic carbocycles. The smallest absolute Gasteiger partial charge is 0.472 e. The lowest BCUT2D eigenvalue weighted by Gasteiger charge is -2.19. The van der Waals surface area contributed by atoms with Gasteiger partial charge in [-0.05, 0) is 73.0 Å². The predicted molar refractivity (Wildman–Crippen MR) is 304 cm³/mol. The second kappa shape index (κ2) is 29.9. The minimum absolute atomic E-state index is 0.00196. The second-order valence-corrected chi connectivity index (χ2v) is 22.6. The van der Waals surface area contributed by atoms with Crippen molar-refractivity contribution < 1.29 is 95.2 Å². The van der Waals surface area contributed by atoms with Crippen molar-refractivity contribution in [3.63, 3.8) is 0 Å². The molecule has 8 atom stereocenters. The van der Waals surface area contributed by atoms with Crippen molar-refractivity contribution in [2.24, 2.45) is 0 Å². The fourth-order valence-corrected chi connectivity index (χ4v) is 11.0. The van der Waals surface area contributed by atoms with E-state index in [0.29, 0.717) is 42.2 Å². The Labute approximate surface area is 492 Å². The number of aromatic hydroxyl groups is 1. The van der Waals surface area contributed by atoms with Crippen LogP contribution < -0.4 is 38.7 Å². The molecule has 4 aliphatic rings. The van der Waals surface area contributed by atoms with Gasteiger partial charge in [0.15, 0.2) is 5.43 Å². The van der Waals surface area contributed by atoms with Gasteiger partial charge < -0.3 is 69.9 Å². The van der Waals surface area contributed by atoms with Crippen molar-refractivity contribution >= 4 is 56.3 Å². The maximum Gasteiger partial charge on any atom is 0.472 e. The van der Waals surface area contributed by atoms with Crippen molar-refractivity contribution in [1.29, 1.82) is 0 Å². The van der Waals surface area contributed by atoms with E-state index in [9.17, 15) is 72.9 Å². The van der Waals surface area contributed by atoms with Crippen LogP contribution in [0.2, 0.25) is 0 Å². The number of anilines is 1. The first-order chi connectivity index (χ1) is 41.6. The summed E-state index contributed by atoms with van der Waals surface area (Å²) in [5.74, 6) is -2.21. The van der Waals surface area contributed by atoms with Crippen LogP contribution in [0.25, 0.3) is 39.5 Å². The van der Waals surface area contributed by atoms with Gasteiger partial charge in [0.25, 0.3) is 11.5 Å². The number of benzene rings is 3. The molecule has 2 aromatic carbocycles. The van der Waals surface area contributed by atoms with Crippen molar-refractivity contribution in [3.05, 3.63) is 137 Å². The van der Waals surface area contributed by atoms with Crippen LogP contribution >= 0.6 is 15.6 Å². The summed E-state index contributed by atoms with van der Waals surface area (Å²) in [4.78, 5) is 115. The van der Waals surface area contributed by atoms with E-state index in [-0.39, 0.29) is 110 Å². The summed E-state index contributed by atoms with van der Waals surface area (Å²) >= 11 is 0. The molecule has 0 saturated carbocycles. The number of hydrogen-bond donors (Lipinski definition) is 10. The van der Waals surface area contributed by atoms with Gasteiger partial charge in [-0.15, -0.1) is 0 Å². The molecule has 5 heterocycles. The number of phosphoric ester groups is 2. The van der Waals surface area contributed by atoms with Gasteiger partial charge in [0.05, 0.1) is 70.1 Å². The molecular weight excluding hydrogens is 1190 g/mol. The highest BCUT2D eigenvalue weighted by Crippen LogP contribution is 2.49. The topological polar surface area (TPSA) is 451 Å². The number of carbonyl (C=O) groups excluding carboxylic acids is 2. The summed E-state index contributed by atoms with van der Waals surface area (Å²) in [5, 5.41) is 46.6. The molecule has 11 N–H and O–H groups in total. The number of nitrogens with zero attached hydrogens (tertiary/aromatic N) is 3. The molecule has 0 radical (unpaired) electrons. The number of H-pyrrole nitrogens is 1. The number of amides is 2. The number of fused-ring (bicyclic) bond motifs is 2. The molecule has 8 rings (SSSR count). The molecule has 468 valence electrons. The number of nitrogens with one attached hydrogen (secondary N) is 3. The molecule has 3 aliphatic heterocycles. The Morgan fingerprint density at radius 1 is 0.793 bits per heavy atom. The summed E-state index contributed by atoms with van der Waals surface area (Å²) < 4.78 is 75.1. The SMILES string of the molecule is Nc1ccn([C@H]2C[C@@H](O)[C@@H](COP(=O)(O)OCCOCCOCCOP(=O)(O)O[C@@H]3C[C@H](n4cc(C=CC(=O)NCCCCCCNC(=O)c5ccc(C(=O)O)c(-c6c7ccc(=O)cc-7oc7cc(O)ccc67)c5)c(=O)[nH]c4=O)O[C@@H]3CO)O2)c(=O)n1. The largest absolute Gasteiger partial charge is 0.508 e. The van der Waals surface area contributed by atoms with Crippen LogP contribution in [0.1, 0.15) is 77.3 Å². The molecule has 33 heteroatoms. The van der Waals surface area contributed by atoms with Crippen molar-refractivity contribution in [2.45, 2.75) is 75.4 Å². The van der Waals surface area contributed by atoms with E-state index >= 15 is 0 Å². The van der Waals surface area contributed by atoms with Crippen molar-refractivity contribution in [2.75, 3.05) is 71.7 Å². The van der Waals surface area contributed by atoms with E-state index in [0.717, 1.165) is 21.4 Å². The zero-order valence-corrected chi connectivity index (χ0v) is 48.0. The maximum absolute atomic E-state index is 13.3. The number of aliphatic hydroxyl groups is 2. The molecule has 2 amide bonds. The maximum atomic E-state index is 13.3. The summed E-state index contributed by atoms with van der Waals surface area (Å²) in [5.41, 5.74) is 3.87. The number of unbranched alkanes of at least 4 members (excludes halogenated alkanes) is 3. The van der Waals surface area contributed by atoms with E-state index in [4.69, 9.17) is 47.2 Å². The van der Waals surface area contributed by atoms with Gasteiger partial charge in [-0.2, -0.15) is 4.98 Å². The number of phosphoric acid groups is 2. The van der Waals surface area contributed by atoms with Crippen LogP contribution in [0.5, 0.6) is 5.75 Å². The van der Waals surface area contributed by atoms with E-state index in [1.54, 1.807) is 6.07 Å². The van der Waals surface area contributed by atoms with Crippen LogP contribution in [-0.4, -0.2) is 157 Å². The fraction of sp³-hybridized carbons (Fsp3) is 0.407. The number of carbonyl (C=O) groups is 3. The molecule has 2 saturated heterocycles. The number of aliphatic hydroxyl groups excluding tert-OH is 2. The van der Waals surface area contributed by atoms with Crippen LogP contribution in [0.3, 0.4) is 0 Å². The van der Waals surface area contributed by atoms with Gasteiger partial charge in [-0.25, -0.2) is 23.5 Å². The minimum Gasteiger partial charge on any atom is -0.508 e. The second-order valence-electron chi connectivity index (χ2n) is 19.7. The summed E-state index contributed by atoms with van der Waals surface area (Å²) in [6.45, 7) is -1.96. The molecular formula is C54H63N7O24P2. The normalized spacial score (nSPS) is 20.0. The fourth-order valence-electron chi connectivity index (χ4n) is 9.38. The van der Waals surface area contributed by atoms with Gasteiger partial charge in [0.2, 0.25) is 5.91 Å². The average Bonchev–Trinajstić information content (AvgIpc) is 3.17. The third-order valence-electron chi connectivity index (χ3n) is 13.6. The minimum atomic E-state index is -4.81. The zero-order chi connectivity index (χ0) is 62.4. The first kappa shape index (κ1) is 65.4. The van der Waals surface area contributed by atoms with Crippen molar-refractivity contribution in [3.8, 4) is 28.2 Å². The number of rotatable bonds is 31. The Morgan fingerprint density at radius 3 is 2.20 bits per heavy atom. The number of phenolic OH excluding ortho intramolecular Hbond substituents is 1. The van der Waals surface area contributed by atoms with Crippen molar-refractivity contribution in [1.82, 2.24) is 29.7 Å². The molecule has 31 nitrogen and oxygen atoms in total. The summed E-state index contributed by atoms with van der Waals surface area (Å²) in [6.07, 6.45) is 0.111. The highest BCUT2D eigenvalue weighted by Gasteiger charge is 2.42. The number of carboxylic acid groups (broad SMARTS) is 1. The van der Waals surface area contributed by atoms with E-state index < -0.39 is 107 Å². The van der Waals surface area contributed by atoms with Gasteiger partial charge in [0.1, 0.15) is 53.7 Å². The zero-order valence-electron chi connectivity index (χ0n) is 46.2. The Hall–Kier alpha value is -7.58. The molecule has 0 bridgehead atoms. The number of carboxylic acids is 1. The van der Waals surface area contributed by atoms with E-state index in [1.165, 1.54) is 66.9 Å². The van der Waals surface area contributed by atoms with Gasteiger partial charge in [-0.3, -0.25) is 51.4 Å². The third kappa shape index (κ3) is 17.8. The van der Waals surface area contributed by atoms with Gasteiger partial charge in [0, 0.05) is 78.6 Å². The molecule has 87 heavy (non-hydrogen) atoms. The Balaban J connectivity index is 0.700. The van der Waals surface area contributed by atoms with Gasteiger partial charge >= 0.3 is 33.0 Å². The lowest BCUT2D eigenvalue weighted by Crippen LogP contribution is -2.33. The summed E-state index contributed by atoms with van der Waals surface area (Å²) in [6, 6.07) is 13.9. The van der Waals surface area contributed by atoms with Crippen LogP contribution in [0.4, 0.5) is 5.82 Å². The number of phenols is 1. The quantitative estimate of drug-likeness (QED) is 0.0129. The number of nitrogens with two attached hydrogens (primary N) is 1. The van der Waals surface area contributed by atoms with E-state index in [2.05, 4.69) is 20.6 Å². The Bertz CT molecular complexity index is 3780. The van der Waals surface area contributed by atoms with Crippen LogP contribution in [0.15, 0.2) is 103 Å².